The van der Waals surface area contributed by atoms with Crippen LogP contribution in [0.3, 0.4) is 0 Å². The van der Waals surface area contributed by atoms with E-state index in [2.05, 4.69) is 10.1 Å². The van der Waals surface area contributed by atoms with Gasteiger partial charge in [-0.3, -0.25) is 14.9 Å². The first-order valence-electron chi connectivity index (χ1n) is 8.80. The number of hydrogen-bond acceptors (Lipinski definition) is 6. The van der Waals surface area contributed by atoms with Crippen molar-refractivity contribution in [2.24, 2.45) is 5.10 Å². The quantitative estimate of drug-likeness (QED) is 0.391. The van der Waals surface area contributed by atoms with Gasteiger partial charge < -0.3 is 0 Å². The summed E-state index contributed by atoms with van der Waals surface area (Å²) in [6, 6.07) is 6.13. The number of benzene rings is 1. The molecule has 0 amide bonds. The first-order chi connectivity index (χ1) is 13.0. The van der Waals surface area contributed by atoms with Gasteiger partial charge in [0.05, 0.1) is 16.0 Å². The topological polar surface area (TPSA) is 90.4 Å². The molecule has 138 valence electrons. The summed E-state index contributed by atoms with van der Waals surface area (Å²) < 4.78 is 1.35. The summed E-state index contributed by atoms with van der Waals surface area (Å²) in [5.41, 5.74) is 2.33. The molecule has 0 bridgehead atoms. The molecule has 0 fully saturated rings. The zero-order valence-electron chi connectivity index (χ0n) is 15.1. The Labute approximate surface area is 159 Å². The third kappa shape index (κ3) is 3.06. The van der Waals surface area contributed by atoms with E-state index in [4.69, 9.17) is 0 Å². The molecule has 2 heterocycles. The Kier molecular flexibility index (Phi) is 4.35. The average Bonchev–Trinajstić information content (AvgIpc) is 3.03. The van der Waals surface area contributed by atoms with E-state index in [0.717, 1.165) is 41.6 Å². The van der Waals surface area contributed by atoms with E-state index in [-0.39, 0.29) is 11.2 Å². The van der Waals surface area contributed by atoms with Gasteiger partial charge in [0, 0.05) is 17.0 Å². The summed E-state index contributed by atoms with van der Waals surface area (Å²) in [4.78, 5) is 30.2. The van der Waals surface area contributed by atoms with Crippen molar-refractivity contribution in [2.45, 2.75) is 39.5 Å². The van der Waals surface area contributed by atoms with Crippen molar-refractivity contribution in [1.29, 1.82) is 0 Å². The summed E-state index contributed by atoms with van der Waals surface area (Å²) >= 11 is 1.62. The molecule has 0 N–H and O–H groups in total. The van der Waals surface area contributed by atoms with E-state index in [0.29, 0.717) is 16.9 Å². The molecule has 7 nitrogen and oxygen atoms in total. The number of fused-ring (bicyclic) bond motifs is 3. The SMILES string of the molecule is C/C(=N\n1c(C)nc2sc3c(c2c1=O)CCCC3)c1ccc([N+](=O)[O-])cc1. The molecule has 3 aromatic rings. The lowest BCUT2D eigenvalue weighted by Crippen LogP contribution is -2.22. The van der Waals surface area contributed by atoms with Gasteiger partial charge in [-0.15, -0.1) is 11.3 Å². The molecule has 0 spiro atoms. The van der Waals surface area contributed by atoms with Crippen molar-refractivity contribution in [2.75, 3.05) is 0 Å². The van der Waals surface area contributed by atoms with Crippen molar-refractivity contribution in [3.63, 3.8) is 0 Å². The van der Waals surface area contributed by atoms with Gasteiger partial charge in [0.2, 0.25) is 0 Å². The summed E-state index contributed by atoms with van der Waals surface area (Å²) in [6.07, 6.45) is 4.18. The largest absolute Gasteiger partial charge is 0.283 e. The Morgan fingerprint density at radius 1 is 1.26 bits per heavy atom. The summed E-state index contributed by atoms with van der Waals surface area (Å²) in [5.74, 6) is 0.535. The van der Waals surface area contributed by atoms with Crippen molar-refractivity contribution in [3.8, 4) is 0 Å². The maximum atomic E-state index is 13.1. The van der Waals surface area contributed by atoms with E-state index >= 15 is 0 Å². The smallest absolute Gasteiger partial charge is 0.267 e. The molecule has 1 aliphatic carbocycles. The minimum atomic E-state index is -0.442. The predicted molar refractivity (Wildman–Crippen MR) is 106 cm³/mol. The highest BCUT2D eigenvalue weighted by atomic mass is 32.1. The van der Waals surface area contributed by atoms with Crippen LogP contribution < -0.4 is 5.56 Å². The van der Waals surface area contributed by atoms with Crippen LogP contribution in [0.1, 0.15) is 41.6 Å². The number of aromatic nitrogens is 2. The van der Waals surface area contributed by atoms with Crippen molar-refractivity contribution in [1.82, 2.24) is 9.66 Å². The molecule has 0 atom stereocenters. The van der Waals surface area contributed by atoms with Crippen molar-refractivity contribution >= 4 is 33.0 Å². The summed E-state index contributed by atoms with van der Waals surface area (Å²) in [7, 11) is 0. The zero-order valence-corrected chi connectivity index (χ0v) is 15.9. The lowest BCUT2D eigenvalue weighted by atomic mass is 9.97. The maximum Gasteiger partial charge on any atom is 0.283 e. The van der Waals surface area contributed by atoms with Crippen LogP contribution in [0.15, 0.2) is 34.2 Å². The maximum absolute atomic E-state index is 13.1. The normalized spacial score (nSPS) is 14.4. The van der Waals surface area contributed by atoms with E-state index in [1.807, 2.05) is 0 Å². The number of rotatable bonds is 3. The minimum absolute atomic E-state index is 0.0212. The number of non-ortho nitro benzene ring substituents is 1. The van der Waals surface area contributed by atoms with Gasteiger partial charge in [-0.25, -0.2) is 4.98 Å². The van der Waals surface area contributed by atoms with Gasteiger partial charge in [0.1, 0.15) is 10.7 Å². The molecule has 0 radical (unpaired) electrons. The van der Waals surface area contributed by atoms with Crippen LogP contribution >= 0.6 is 11.3 Å². The monoisotopic (exact) mass is 382 g/mol. The Morgan fingerprint density at radius 3 is 2.67 bits per heavy atom. The van der Waals surface area contributed by atoms with Gasteiger partial charge in [-0.2, -0.15) is 9.78 Å². The molecule has 4 rings (SSSR count). The second-order valence-corrected chi connectivity index (χ2v) is 7.74. The Balaban J connectivity index is 1.82. The molecular weight excluding hydrogens is 364 g/mol. The fourth-order valence-electron chi connectivity index (χ4n) is 3.45. The second kappa shape index (κ2) is 6.70. The molecule has 0 saturated carbocycles. The Morgan fingerprint density at radius 2 is 1.96 bits per heavy atom. The van der Waals surface area contributed by atoms with E-state index in [1.54, 1.807) is 37.3 Å². The van der Waals surface area contributed by atoms with Crippen LogP contribution in [0, 0.1) is 17.0 Å². The number of thiophene rings is 1. The van der Waals surface area contributed by atoms with Crippen LogP contribution in [0.2, 0.25) is 0 Å². The van der Waals surface area contributed by atoms with Gasteiger partial charge >= 0.3 is 0 Å². The molecular formula is C19H18N4O3S. The lowest BCUT2D eigenvalue weighted by molar-refractivity contribution is -0.384. The third-order valence-corrected chi connectivity index (χ3v) is 6.06. The van der Waals surface area contributed by atoms with Crippen LogP contribution in [0.5, 0.6) is 0 Å². The molecule has 0 saturated heterocycles. The van der Waals surface area contributed by atoms with Gasteiger partial charge in [0.15, 0.2) is 0 Å². The highest BCUT2D eigenvalue weighted by Gasteiger charge is 2.21. The fraction of sp³-hybridized carbons (Fsp3) is 0.316. The van der Waals surface area contributed by atoms with Crippen molar-refractivity contribution < 1.29 is 4.92 Å². The third-order valence-electron chi connectivity index (χ3n) is 4.87. The number of hydrogen-bond donors (Lipinski definition) is 0. The van der Waals surface area contributed by atoms with Crippen LogP contribution in [-0.2, 0) is 12.8 Å². The summed E-state index contributed by atoms with van der Waals surface area (Å²) in [5, 5.41) is 16.0. The molecule has 1 aliphatic rings. The van der Waals surface area contributed by atoms with E-state index in [1.165, 1.54) is 21.7 Å². The lowest BCUT2D eigenvalue weighted by Gasteiger charge is -2.10. The minimum Gasteiger partial charge on any atom is -0.267 e. The van der Waals surface area contributed by atoms with Gasteiger partial charge in [-0.1, -0.05) is 0 Å². The predicted octanol–water partition coefficient (Wildman–Crippen LogP) is 3.83. The first-order valence-corrected chi connectivity index (χ1v) is 9.61. The first kappa shape index (κ1) is 17.5. The average molecular weight is 382 g/mol. The van der Waals surface area contributed by atoms with Crippen molar-refractivity contribution in [3.05, 3.63) is 66.6 Å². The standard InChI is InChI=1S/C19H18N4O3S/c1-11(13-7-9-14(10-8-13)23(25)26)21-22-12(2)20-18-17(19(22)24)15-5-3-4-6-16(15)27-18/h7-10H,3-6H2,1-2H3/b21-11+. The van der Waals surface area contributed by atoms with Crippen LogP contribution in [-0.4, -0.2) is 20.3 Å². The molecule has 27 heavy (non-hydrogen) atoms. The second-order valence-electron chi connectivity index (χ2n) is 6.66. The number of nitro groups is 1. The van der Waals surface area contributed by atoms with Gasteiger partial charge in [-0.05, 0) is 62.8 Å². The molecule has 0 unspecified atom stereocenters. The Bertz CT molecular complexity index is 1140. The Hall–Kier alpha value is -2.87. The molecule has 1 aromatic carbocycles. The van der Waals surface area contributed by atoms with E-state index in [9.17, 15) is 14.9 Å². The highest BCUT2D eigenvalue weighted by molar-refractivity contribution is 7.18. The van der Waals surface area contributed by atoms with Crippen LogP contribution in [0.4, 0.5) is 5.69 Å². The van der Waals surface area contributed by atoms with E-state index < -0.39 is 4.92 Å². The highest BCUT2D eigenvalue weighted by Crippen LogP contribution is 2.33. The number of aryl methyl sites for hydroxylation is 3. The number of nitro benzene ring substituents is 1. The molecule has 8 heteroatoms. The number of nitrogens with zero attached hydrogens (tertiary/aromatic N) is 4. The van der Waals surface area contributed by atoms with Gasteiger partial charge in [0.25, 0.3) is 11.2 Å². The molecule has 0 aliphatic heterocycles. The fourth-order valence-corrected chi connectivity index (χ4v) is 4.75. The molecule has 2 aromatic heterocycles. The summed E-state index contributed by atoms with van der Waals surface area (Å²) in [6.45, 7) is 3.55. The van der Waals surface area contributed by atoms with Crippen LogP contribution in [0.25, 0.3) is 10.2 Å². The zero-order chi connectivity index (χ0) is 19.1.